The monoisotopic (exact) mass is 386 g/mol. The molecule has 0 heterocycles. The van der Waals surface area contributed by atoms with Crippen molar-refractivity contribution in [3.8, 4) is 0 Å². The first-order valence-corrected chi connectivity index (χ1v) is 6.98. The second-order valence-corrected chi connectivity index (χ2v) is 5.88. The first kappa shape index (κ1) is 22.0. The van der Waals surface area contributed by atoms with Gasteiger partial charge in [0.25, 0.3) is 0 Å². The Bertz CT molecular complexity index is 419. The molecule has 0 aliphatic carbocycles. The Hall–Kier alpha value is -1.01. The highest BCUT2D eigenvalue weighted by Crippen LogP contribution is 2.50. The number of carbonyl (C=O) groups is 1. The van der Waals surface area contributed by atoms with Crippen molar-refractivity contribution in [2.75, 3.05) is 26.0 Å². The molecular formula is C8H8F9O5P. The van der Waals surface area contributed by atoms with E-state index in [-0.39, 0.29) is 0 Å². The molecule has 0 aromatic heterocycles. The van der Waals surface area contributed by atoms with Gasteiger partial charge in [-0.2, -0.15) is 39.5 Å². The quantitative estimate of drug-likeness (QED) is 0.381. The zero-order valence-corrected chi connectivity index (χ0v) is 11.6. The van der Waals surface area contributed by atoms with Crippen LogP contribution < -0.4 is 0 Å². The normalized spacial score (nSPS) is 14.0. The van der Waals surface area contributed by atoms with Crippen molar-refractivity contribution < 1.29 is 62.7 Å². The highest BCUT2D eigenvalue weighted by molar-refractivity contribution is 7.54. The third kappa shape index (κ3) is 13.2. The lowest BCUT2D eigenvalue weighted by molar-refractivity contribution is -0.185. The van der Waals surface area contributed by atoms with Crippen LogP contribution in [0.3, 0.4) is 0 Å². The maximum Gasteiger partial charge on any atom is 0.422 e. The molecule has 0 aromatic rings. The molecule has 0 bridgehead atoms. The summed E-state index contributed by atoms with van der Waals surface area (Å²) < 4.78 is 129. The fourth-order valence-electron chi connectivity index (χ4n) is 0.838. The summed E-state index contributed by atoms with van der Waals surface area (Å²) in [5, 5.41) is 0. The lowest BCUT2D eigenvalue weighted by Gasteiger charge is -2.19. The van der Waals surface area contributed by atoms with Crippen molar-refractivity contribution in [3.05, 3.63) is 0 Å². The molecule has 0 aliphatic heterocycles. The molecule has 0 radical (unpaired) electrons. The zero-order valence-electron chi connectivity index (χ0n) is 10.7. The van der Waals surface area contributed by atoms with Gasteiger partial charge in [-0.25, -0.2) is 0 Å². The topological polar surface area (TPSA) is 61.8 Å². The molecule has 0 spiro atoms. The number of carbonyl (C=O) groups excluding carboxylic acids is 1. The molecule has 0 saturated heterocycles. The maximum atomic E-state index is 11.9. The van der Waals surface area contributed by atoms with Gasteiger partial charge in [0, 0.05) is 0 Å². The summed E-state index contributed by atoms with van der Waals surface area (Å²) in [6.45, 7) is -6.85. The first-order valence-electron chi connectivity index (χ1n) is 5.25. The van der Waals surface area contributed by atoms with Crippen molar-refractivity contribution in [2.24, 2.45) is 0 Å². The molecule has 0 unspecified atom stereocenters. The van der Waals surface area contributed by atoms with E-state index in [4.69, 9.17) is 0 Å². The summed E-state index contributed by atoms with van der Waals surface area (Å²) >= 11 is 0. The standard InChI is InChI=1S/C8H8F9O5P/c9-6(10,11)2-20-5(18)1-23(19,21-3-7(12,13)14)22-4-8(15,16)17/h1-4H2. The molecule has 5 nitrogen and oxygen atoms in total. The highest BCUT2D eigenvalue weighted by atomic mass is 31.2. The average Bonchev–Trinajstić information content (AvgIpc) is 2.29. The van der Waals surface area contributed by atoms with E-state index in [1.54, 1.807) is 0 Å². The molecule has 0 fully saturated rings. The largest absolute Gasteiger partial charge is 0.456 e. The maximum absolute atomic E-state index is 11.9. The Balaban J connectivity index is 4.83. The van der Waals surface area contributed by atoms with Gasteiger partial charge in [0.05, 0.1) is 0 Å². The van der Waals surface area contributed by atoms with Crippen LogP contribution in [-0.4, -0.2) is 50.5 Å². The second kappa shape index (κ2) is 7.71. The van der Waals surface area contributed by atoms with E-state index in [1.165, 1.54) is 0 Å². The number of rotatable bonds is 7. The zero-order chi connectivity index (χ0) is 18.5. The summed E-state index contributed by atoms with van der Waals surface area (Å²) in [6, 6.07) is 0. The van der Waals surface area contributed by atoms with Gasteiger partial charge >= 0.3 is 32.1 Å². The van der Waals surface area contributed by atoms with Gasteiger partial charge in [0.2, 0.25) is 0 Å². The van der Waals surface area contributed by atoms with Crippen LogP contribution in [-0.2, 0) is 23.1 Å². The molecule has 0 N–H and O–H groups in total. The molecule has 0 rings (SSSR count). The SMILES string of the molecule is O=C(CP(=O)(OCC(F)(F)F)OCC(F)(F)F)OCC(F)(F)F. The van der Waals surface area contributed by atoms with E-state index >= 15 is 0 Å². The first-order chi connectivity index (χ1) is 10.0. The van der Waals surface area contributed by atoms with E-state index in [1.807, 2.05) is 0 Å². The third-order valence-corrected chi connectivity index (χ3v) is 3.26. The fraction of sp³-hybridized carbons (Fsp3) is 0.875. The summed E-state index contributed by atoms with van der Waals surface area (Å²) in [4.78, 5) is 10.9. The van der Waals surface area contributed by atoms with Crippen molar-refractivity contribution in [1.29, 1.82) is 0 Å². The summed E-state index contributed by atoms with van der Waals surface area (Å²) in [5.41, 5.74) is 0. The summed E-state index contributed by atoms with van der Waals surface area (Å²) in [7, 11) is -5.33. The van der Waals surface area contributed by atoms with Crippen LogP contribution in [0.2, 0.25) is 0 Å². The summed E-state index contributed by atoms with van der Waals surface area (Å²) in [5.74, 6) is -2.00. The lowest BCUT2D eigenvalue weighted by atomic mass is 10.7. The Kier molecular flexibility index (Phi) is 7.37. The van der Waals surface area contributed by atoms with Crippen LogP contribution in [0.15, 0.2) is 0 Å². The van der Waals surface area contributed by atoms with Gasteiger partial charge in [-0.15, -0.1) is 0 Å². The minimum Gasteiger partial charge on any atom is -0.456 e. The van der Waals surface area contributed by atoms with Crippen molar-refractivity contribution in [1.82, 2.24) is 0 Å². The molecule has 138 valence electrons. The van der Waals surface area contributed by atoms with Crippen molar-refractivity contribution >= 4 is 13.6 Å². The Morgan fingerprint density at radius 2 is 1.09 bits per heavy atom. The van der Waals surface area contributed by atoms with Crippen LogP contribution in [0.1, 0.15) is 0 Å². The number of hydrogen-bond donors (Lipinski definition) is 0. The minimum absolute atomic E-state index is 1.85. The number of hydrogen-bond acceptors (Lipinski definition) is 5. The van der Waals surface area contributed by atoms with Gasteiger partial charge in [0.1, 0.15) is 6.16 Å². The van der Waals surface area contributed by atoms with Crippen LogP contribution in [0.5, 0.6) is 0 Å². The summed E-state index contributed by atoms with van der Waals surface area (Å²) in [6.07, 6.45) is -17.1. The van der Waals surface area contributed by atoms with Crippen molar-refractivity contribution in [3.63, 3.8) is 0 Å². The third-order valence-electron chi connectivity index (χ3n) is 1.57. The van der Waals surface area contributed by atoms with E-state index < -0.39 is 58.1 Å². The predicted octanol–water partition coefficient (Wildman–Crippen LogP) is 3.44. The Morgan fingerprint density at radius 3 is 1.39 bits per heavy atom. The van der Waals surface area contributed by atoms with E-state index in [9.17, 15) is 48.9 Å². The average molecular weight is 386 g/mol. The number of alkyl halides is 9. The van der Waals surface area contributed by atoms with Crippen LogP contribution in [0.4, 0.5) is 39.5 Å². The number of ether oxygens (including phenoxy) is 1. The van der Waals surface area contributed by atoms with Crippen molar-refractivity contribution in [2.45, 2.75) is 18.5 Å². The van der Waals surface area contributed by atoms with Crippen LogP contribution in [0, 0.1) is 0 Å². The van der Waals surface area contributed by atoms with Gasteiger partial charge in [-0.3, -0.25) is 18.4 Å². The van der Waals surface area contributed by atoms with E-state index in [0.29, 0.717) is 0 Å². The number of halogens is 9. The molecule has 0 aliphatic rings. The fourth-order valence-corrected chi connectivity index (χ4v) is 2.19. The minimum atomic E-state index is -5.33. The van der Waals surface area contributed by atoms with Crippen LogP contribution in [0.25, 0.3) is 0 Å². The number of esters is 1. The molecule has 0 atom stereocenters. The second-order valence-electron chi connectivity index (χ2n) is 3.82. The Labute approximate surface area is 122 Å². The predicted molar refractivity (Wildman–Crippen MR) is 53.5 cm³/mol. The van der Waals surface area contributed by atoms with E-state index in [2.05, 4.69) is 13.8 Å². The van der Waals surface area contributed by atoms with Crippen LogP contribution >= 0.6 is 7.60 Å². The highest BCUT2D eigenvalue weighted by Gasteiger charge is 2.40. The lowest BCUT2D eigenvalue weighted by Crippen LogP contribution is -2.25. The van der Waals surface area contributed by atoms with Gasteiger partial charge in [0.15, 0.2) is 19.8 Å². The van der Waals surface area contributed by atoms with E-state index in [0.717, 1.165) is 0 Å². The molecular weight excluding hydrogens is 378 g/mol. The molecule has 23 heavy (non-hydrogen) atoms. The van der Waals surface area contributed by atoms with Gasteiger partial charge in [-0.05, 0) is 0 Å². The smallest absolute Gasteiger partial charge is 0.422 e. The molecule has 0 saturated carbocycles. The molecule has 0 aromatic carbocycles. The Morgan fingerprint density at radius 1 is 0.739 bits per heavy atom. The molecule has 0 amide bonds. The molecule has 15 heteroatoms. The van der Waals surface area contributed by atoms with Gasteiger partial charge in [-0.1, -0.05) is 0 Å². The van der Waals surface area contributed by atoms with Gasteiger partial charge < -0.3 is 4.74 Å².